The van der Waals surface area contributed by atoms with Gasteiger partial charge in [-0.05, 0) is 60.9 Å². The number of hydrogen-bond acceptors (Lipinski definition) is 10. The third-order valence-corrected chi connectivity index (χ3v) is 9.70. The fourth-order valence-corrected chi connectivity index (χ4v) is 6.67. The van der Waals surface area contributed by atoms with E-state index in [0.717, 1.165) is 16.3 Å². The Morgan fingerprint density at radius 3 is 2.51 bits per heavy atom. The second-order valence-electron chi connectivity index (χ2n) is 11.4. The van der Waals surface area contributed by atoms with E-state index in [2.05, 4.69) is 51.7 Å². The summed E-state index contributed by atoms with van der Waals surface area (Å²) >= 11 is 7.43. The standard InChI is InChI=1S/C32H33ClN6O5S2.Na/c1-32(2,3)28-20-45-30(35-28)19-43-24-8-4-7-22(17-24)31(40)34-26-16-21(9-14-27(26)44-18-29-36-38-39-37-29)6-5-15-46(41,42)25-12-10-23(33)11-13-25;/h4,7-14,16-17,20H,5-6,15,18-19H2,1-3H3,(H2,34,36,37,38,39,40);/q;+1/p-1. The second-order valence-corrected chi connectivity index (χ2v) is 14.9. The summed E-state index contributed by atoms with van der Waals surface area (Å²) in [5.74, 6) is 0.621. The third kappa shape index (κ3) is 10.3. The number of aromatic nitrogens is 5. The Kier molecular flexibility index (Phi) is 12.6. The van der Waals surface area contributed by atoms with E-state index >= 15 is 0 Å². The number of aromatic amines is 1. The molecule has 11 nitrogen and oxygen atoms in total. The van der Waals surface area contributed by atoms with Crippen molar-refractivity contribution >= 4 is 44.4 Å². The van der Waals surface area contributed by atoms with Gasteiger partial charge < -0.3 is 19.6 Å². The third-order valence-electron chi connectivity index (χ3n) is 6.81. The van der Waals surface area contributed by atoms with Crippen LogP contribution in [0.1, 0.15) is 59.6 Å². The van der Waals surface area contributed by atoms with Crippen LogP contribution in [0.2, 0.25) is 5.02 Å². The summed E-state index contributed by atoms with van der Waals surface area (Å²) in [5, 5.41) is 21.4. The Labute approximate surface area is 304 Å². The first kappa shape index (κ1) is 36.5. The summed E-state index contributed by atoms with van der Waals surface area (Å²) in [5.41, 5.74) is 2.36. The first-order chi connectivity index (χ1) is 22.0. The number of tetrazole rings is 1. The van der Waals surface area contributed by atoms with Gasteiger partial charge in [0.25, 0.3) is 0 Å². The molecular weight excluding hydrogens is 671 g/mol. The van der Waals surface area contributed by atoms with Crippen molar-refractivity contribution in [3.05, 3.63) is 110 Å². The topological polar surface area (TPSA) is 151 Å². The van der Waals surface area contributed by atoms with Gasteiger partial charge in [-0.1, -0.05) is 67.5 Å². The van der Waals surface area contributed by atoms with E-state index in [1.54, 1.807) is 48.5 Å². The van der Waals surface area contributed by atoms with E-state index in [4.69, 9.17) is 21.1 Å². The molecule has 0 saturated heterocycles. The number of nitrogens with zero attached hydrogens (tertiary/aromatic N) is 5. The number of carbonyl (C=O) groups excluding carboxylic acids is 1. The van der Waals surface area contributed by atoms with Crippen LogP contribution in [0.4, 0.5) is 5.69 Å². The molecule has 0 unspecified atom stereocenters. The largest absolute Gasteiger partial charge is 1.00 e. The molecule has 0 aliphatic heterocycles. The first-order valence-corrected chi connectivity index (χ1v) is 17.3. The normalized spacial score (nSPS) is 11.5. The number of hydrogen-bond donors (Lipinski definition) is 1. The zero-order valence-electron chi connectivity index (χ0n) is 26.4. The summed E-state index contributed by atoms with van der Waals surface area (Å²) in [4.78, 5) is 18.2. The van der Waals surface area contributed by atoms with Crippen molar-refractivity contribution in [1.82, 2.24) is 25.6 Å². The molecule has 3 aromatic carbocycles. The fourth-order valence-electron chi connectivity index (χ4n) is 4.30. The number of carbonyl (C=O) groups is 1. The van der Waals surface area contributed by atoms with Gasteiger partial charge in [-0.15, -0.1) is 21.5 Å². The number of thiazole rings is 1. The van der Waals surface area contributed by atoms with Gasteiger partial charge in [0, 0.05) is 21.4 Å². The number of rotatable bonds is 13. The Morgan fingerprint density at radius 2 is 1.81 bits per heavy atom. The molecule has 0 aliphatic carbocycles. The van der Waals surface area contributed by atoms with Gasteiger partial charge in [0.05, 0.1) is 22.2 Å². The van der Waals surface area contributed by atoms with Crippen LogP contribution < -0.4 is 39.0 Å². The number of sulfone groups is 1. The van der Waals surface area contributed by atoms with Crippen molar-refractivity contribution in [3.8, 4) is 11.5 Å². The van der Waals surface area contributed by atoms with Gasteiger partial charge in [-0.2, -0.15) is 5.21 Å². The number of ether oxygens (including phenoxy) is 2. The Bertz CT molecular complexity index is 1900. The van der Waals surface area contributed by atoms with Crippen LogP contribution in [0, 0.1) is 0 Å². The van der Waals surface area contributed by atoms with Gasteiger partial charge in [0.2, 0.25) is 5.82 Å². The quantitative estimate of drug-likeness (QED) is 0.180. The summed E-state index contributed by atoms with van der Waals surface area (Å²) in [6, 6.07) is 18.1. The van der Waals surface area contributed by atoms with Crippen molar-refractivity contribution in [2.45, 2.75) is 57.1 Å². The molecule has 1 amide bonds. The minimum absolute atomic E-state index is 0. The maximum atomic E-state index is 13.4. The minimum Gasteiger partial charge on any atom is -0.620 e. The average Bonchev–Trinajstić information content (AvgIpc) is 3.73. The molecule has 0 saturated carbocycles. The number of halogens is 1. The Balaban J connectivity index is 0.00000500. The summed E-state index contributed by atoms with van der Waals surface area (Å²) in [6.07, 6.45) is 0.794. The van der Waals surface area contributed by atoms with Crippen LogP contribution >= 0.6 is 22.9 Å². The van der Waals surface area contributed by atoms with Gasteiger partial charge >= 0.3 is 29.6 Å². The molecule has 2 heterocycles. The molecule has 1 N–H and O–H groups in total. The van der Waals surface area contributed by atoms with E-state index in [0.29, 0.717) is 40.8 Å². The number of aryl methyl sites for hydroxylation is 1. The molecular formula is C32H32ClN6NaO5S2. The van der Waals surface area contributed by atoms with Crippen LogP contribution in [-0.4, -0.2) is 45.7 Å². The van der Waals surface area contributed by atoms with Crippen molar-refractivity contribution in [1.29, 1.82) is 0 Å². The maximum Gasteiger partial charge on any atom is 1.00 e. The van der Waals surface area contributed by atoms with E-state index < -0.39 is 15.7 Å². The van der Waals surface area contributed by atoms with E-state index in [-0.39, 0.29) is 64.5 Å². The zero-order chi connectivity index (χ0) is 32.7. The number of benzene rings is 3. The number of amides is 1. The molecule has 0 atom stereocenters. The van der Waals surface area contributed by atoms with Gasteiger partial charge in [-0.3, -0.25) is 0 Å². The molecule has 0 aliphatic rings. The molecule has 0 bridgehead atoms. The van der Waals surface area contributed by atoms with Crippen molar-refractivity contribution in [2.75, 3.05) is 5.75 Å². The molecule has 0 spiro atoms. The van der Waals surface area contributed by atoms with Gasteiger partial charge in [0.15, 0.2) is 16.4 Å². The zero-order valence-corrected chi connectivity index (χ0v) is 30.8. The van der Waals surface area contributed by atoms with Crippen molar-refractivity contribution in [2.24, 2.45) is 0 Å². The average molecular weight is 703 g/mol. The van der Waals surface area contributed by atoms with E-state index in [9.17, 15) is 13.2 Å². The van der Waals surface area contributed by atoms with Crippen LogP contribution in [0.3, 0.4) is 0 Å². The van der Waals surface area contributed by atoms with Gasteiger partial charge in [-0.25, -0.2) is 13.4 Å². The van der Waals surface area contributed by atoms with Crippen LogP contribution in [-0.2, 0) is 34.9 Å². The Hall–Kier alpha value is -3.33. The van der Waals surface area contributed by atoms with Crippen LogP contribution in [0.5, 0.6) is 11.5 Å². The predicted octanol–water partition coefficient (Wildman–Crippen LogP) is 4.02. The Morgan fingerprint density at radius 1 is 1.02 bits per heavy atom. The molecule has 5 rings (SSSR count). The smallest absolute Gasteiger partial charge is 0.620 e. The molecule has 47 heavy (non-hydrogen) atoms. The second kappa shape index (κ2) is 16.2. The van der Waals surface area contributed by atoms with Crippen LogP contribution in [0.25, 0.3) is 5.32 Å². The van der Waals surface area contributed by atoms with Crippen molar-refractivity contribution < 1.29 is 52.2 Å². The van der Waals surface area contributed by atoms with Crippen molar-refractivity contribution in [3.63, 3.8) is 0 Å². The molecule has 15 heteroatoms. The van der Waals surface area contributed by atoms with Gasteiger partial charge in [0.1, 0.15) is 23.1 Å². The first-order valence-electron chi connectivity index (χ1n) is 14.4. The summed E-state index contributed by atoms with van der Waals surface area (Å²) in [7, 11) is -3.49. The SMILES string of the molecule is CC(C)(C)c1csc(COc2cccc(C(=O)[N-]c3cc(CCCS(=O)(=O)c4ccc(Cl)cc4)ccc3OCc3nn[nH]n3)c2)n1.[Na+]. The van der Waals surface area contributed by atoms with E-state index in [1.807, 2.05) is 11.4 Å². The minimum atomic E-state index is -3.49. The molecule has 2 aromatic heterocycles. The molecule has 0 fully saturated rings. The fraction of sp³-hybridized carbons (Fsp3) is 0.281. The summed E-state index contributed by atoms with van der Waals surface area (Å²) in [6.45, 7) is 6.60. The number of H-pyrrole nitrogens is 1. The maximum absolute atomic E-state index is 13.4. The monoisotopic (exact) mass is 702 g/mol. The summed E-state index contributed by atoms with van der Waals surface area (Å²) < 4.78 is 37.4. The van der Waals surface area contributed by atoms with E-state index in [1.165, 1.54) is 23.5 Å². The predicted molar refractivity (Wildman–Crippen MR) is 176 cm³/mol. The molecule has 0 radical (unpaired) electrons. The molecule has 5 aromatic rings. The molecule has 240 valence electrons. The van der Waals surface area contributed by atoms with Crippen LogP contribution in [0.15, 0.2) is 77.0 Å². The number of nitrogens with one attached hydrogen (secondary N) is 1.